The molecule has 1 fully saturated rings. The van der Waals surface area contributed by atoms with Crippen LogP contribution >= 0.6 is 0 Å². The van der Waals surface area contributed by atoms with Gasteiger partial charge in [0.25, 0.3) is 5.78 Å². The molecule has 0 saturated heterocycles. The van der Waals surface area contributed by atoms with Crippen molar-refractivity contribution in [2.75, 3.05) is 0 Å². The van der Waals surface area contributed by atoms with Crippen LogP contribution in [-0.4, -0.2) is 17.9 Å². The third kappa shape index (κ3) is 3.93. The first-order chi connectivity index (χ1) is 9.99. The highest BCUT2D eigenvalue weighted by Crippen LogP contribution is 2.35. The molecule has 0 spiro atoms. The van der Waals surface area contributed by atoms with Crippen LogP contribution in [0.1, 0.15) is 50.4 Å². The summed E-state index contributed by atoms with van der Waals surface area (Å²) in [4.78, 5) is 24.2. The molecule has 1 unspecified atom stereocenters. The summed E-state index contributed by atoms with van der Waals surface area (Å²) in [5.74, 6) is 0.0998. The second-order valence-electron chi connectivity index (χ2n) is 6.47. The van der Waals surface area contributed by atoms with Crippen LogP contribution in [0.3, 0.4) is 0 Å². The van der Waals surface area contributed by atoms with Gasteiger partial charge in [-0.2, -0.15) is 0 Å². The van der Waals surface area contributed by atoms with Gasteiger partial charge in [0.1, 0.15) is 6.10 Å². The van der Waals surface area contributed by atoms with E-state index in [1.54, 1.807) is 24.3 Å². The summed E-state index contributed by atoms with van der Waals surface area (Å²) >= 11 is 0. The Kier molecular flexibility index (Phi) is 5.16. The molecular weight excluding hydrogens is 264 g/mol. The smallest absolute Gasteiger partial charge is 0.379 e. The van der Waals surface area contributed by atoms with E-state index in [1.807, 2.05) is 6.07 Å². The molecule has 21 heavy (non-hydrogen) atoms. The fourth-order valence-corrected chi connectivity index (χ4v) is 3.15. The summed E-state index contributed by atoms with van der Waals surface area (Å²) in [5, 5.41) is 0. The fourth-order valence-electron chi connectivity index (χ4n) is 3.15. The van der Waals surface area contributed by atoms with Crippen molar-refractivity contribution in [1.82, 2.24) is 0 Å². The summed E-state index contributed by atoms with van der Waals surface area (Å²) in [7, 11) is 0. The molecule has 1 aromatic carbocycles. The average Bonchev–Trinajstić information content (AvgIpc) is 2.47. The van der Waals surface area contributed by atoms with Crippen LogP contribution in [0.15, 0.2) is 30.3 Å². The van der Waals surface area contributed by atoms with Gasteiger partial charge in [0.15, 0.2) is 0 Å². The molecule has 114 valence electrons. The molecule has 1 saturated carbocycles. The third-order valence-corrected chi connectivity index (χ3v) is 4.44. The Balaban J connectivity index is 2.04. The minimum absolute atomic E-state index is 0.131. The lowest BCUT2D eigenvalue weighted by molar-refractivity contribution is -0.149. The quantitative estimate of drug-likeness (QED) is 0.480. The Labute approximate surface area is 126 Å². The monoisotopic (exact) mass is 288 g/mol. The zero-order valence-electron chi connectivity index (χ0n) is 13.0. The highest BCUT2D eigenvalue weighted by Gasteiger charge is 2.34. The normalized spacial score (nSPS) is 25.6. The van der Waals surface area contributed by atoms with Crippen LogP contribution in [0.5, 0.6) is 0 Å². The molecule has 3 nitrogen and oxygen atoms in total. The van der Waals surface area contributed by atoms with Gasteiger partial charge in [-0.15, -0.1) is 0 Å². The number of carbonyl (C=O) groups excluding carboxylic acids is 2. The van der Waals surface area contributed by atoms with Crippen LogP contribution in [0.2, 0.25) is 0 Å². The van der Waals surface area contributed by atoms with Crippen LogP contribution in [-0.2, 0) is 9.53 Å². The zero-order valence-corrected chi connectivity index (χ0v) is 13.0. The molecule has 0 aromatic heterocycles. The summed E-state index contributed by atoms with van der Waals surface area (Å²) in [6.07, 6.45) is 2.96. The van der Waals surface area contributed by atoms with Gasteiger partial charge in [0.2, 0.25) is 0 Å². The number of ketones is 1. The molecule has 1 aliphatic carbocycles. The van der Waals surface area contributed by atoms with Crippen molar-refractivity contribution in [3.63, 3.8) is 0 Å². The number of Topliss-reactive ketones (excluding diaryl/α,β-unsaturated/α-hetero) is 1. The molecule has 1 aromatic rings. The van der Waals surface area contributed by atoms with Crippen LogP contribution < -0.4 is 0 Å². The van der Waals surface area contributed by atoms with Crippen molar-refractivity contribution in [2.45, 2.75) is 46.1 Å². The molecule has 3 atom stereocenters. The third-order valence-electron chi connectivity index (χ3n) is 4.44. The number of ether oxygens (including phenoxy) is 1. The van der Waals surface area contributed by atoms with Crippen LogP contribution in [0.4, 0.5) is 0 Å². The highest BCUT2D eigenvalue weighted by molar-refractivity contribution is 6.40. The number of hydrogen-bond acceptors (Lipinski definition) is 3. The van der Waals surface area contributed by atoms with Crippen LogP contribution in [0, 0.1) is 17.8 Å². The Hall–Kier alpha value is -1.64. The number of carbonyl (C=O) groups is 2. The van der Waals surface area contributed by atoms with Crippen molar-refractivity contribution in [2.24, 2.45) is 17.8 Å². The van der Waals surface area contributed by atoms with Gasteiger partial charge in [-0.25, -0.2) is 4.79 Å². The standard InChI is InChI=1S/C18H24O3/c1-12(2)15-10-9-13(3)11-16(15)21-18(20)17(19)14-7-5-4-6-8-14/h4-8,12-13,15-16H,9-11H2,1-3H3/t13?,15-,16+/m0/s1. The number of esters is 1. The largest absolute Gasteiger partial charge is 0.456 e. The maximum Gasteiger partial charge on any atom is 0.379 e. The summed E-state index contributed by atoms with van der Waals surface area (Å²) in [6.45, 7) is 6.48. The summed E-state index contributed by atoms with van der Waals surface area (Å²) in [6, 6.07) is 8.61. The van der Waals surface area contributed by atoms with Gasteiger partial charge in [0.05, 0.1) is 0 Å². The predicted molar refractivity (Wildman–Crippen MR) is 82.0 cm³/mol. The van der Waals surface area contributed by atoms with E-state index >= 15 is 0 Å². The van der Waals surface area contributed by atoms with E-state index in [0.717, 1.165) is 12.8 Å². The number of rotatable bonds is 4. The van der Waals surface area contributed by atoms with Crippen molar-refractivity contribution in [1.29, 1.82) is 0 Å². The van der Waals surface area contributed by atoms with Crippen molar-refractivity contribution in [3.8, 4) is 0 Å². The maximum absolute atomic E-state index is 12.1. The lowest BCUT2D eigenvalue weighted by Crippen LogP contribution is -2.37. The Bertz CT molecular complexity index is 492. The predicted octanol–water partition coefficient (Wildman–Crippen LogP) is 3.87. The SMILES string of the molecule is CC1CC[C@@H](C(C)C)[C@H](OC(=O)C(=O)c2ccccc2)C1. The lowest BCUT2D eigenvalue weighted by atomic mass is 9.75. The topological polar surface area (TPSA) is 43.4 Å². The molecule has 0 amide bonds. The van der Waals surface area contributed by atoms with Gasteiger partial charge in [-0.05, 0) is 30.6 Å². The summed E-state index contributed by atoms with van der Waals surface area (Å²) in [5.41, 5.74) is 0.396. The highest BCUT2D eigenvalue weighted by atomic mass is 16.5. The van der Waals surface area contributed by atoms with E-state index in [0.29, 0.717) is 23.3 Å². The number of hydrogen-bond donors (Lipinski definition) is 0. The summed E-state index contributed by atoms with van der Waals surface area (Å²) < 4.78 is 5.56. The van der Waals surface area contributed by atoms with Gasteiger partial charge in [-0.1, -0.05) is 57.5 Å². The second-order valence-corrected chi connectivity index (χ2v) is 6.47. The zero-order chi connectivity index (χ0) is 15.4. The molecule has 0 radical (unpaired) electrons. The van der Waals surface area contributed by atoms with Crippen molar-refractivity contribution >= 4 is 11.8 Å². The molecule has 3 heteroatoms. The minimum atomic E-state index is -0.717. The van der Waals surface area contributed by atoms with Gasteiger partial charge in [-0.3, -0.25) is 4.79 Å². The first-order valence-corrected chi connectivity index (χ1v) is 7.79. The Morgan fingerprint density at radius 2 is 1.81 bits per heavy atom. The molecular formula is C18H24O3. The Morgan fingerprint density at radius 3 is 2.43 bits per heavy atom. The average molecular weight is 288 g/mol. The Morgan fingerprint density at radius 1 is 1.14 bits per heavy atom. The maximum atomic E-state index is 12.1. The molecule has 1 aliphatic rings. The second kappa shape index (κ2) is 6.88. The molecule has 2 rings (SSSR count). The fraction of sp³-hybridized carbons (Fsp3) is 0.556. The first-order valence-electron chi connectivity index (χ1n) is 7.79. The van der Waals surface area contributed by atoms with E-state index < -0.39 is 11.8 Å². The van der Waals surface area contributed by atoms with E-state index in [-0.39, 0.29) is 6.10 Å². The van der Waals surface area contributed by atoms with E-state index in [2.05, 4.69) is 20.8 Å². The van der Waals surface area contributed by atoms with E-state index in [1.165, 1.54) is 6.42 Å². The van der Waals surface area contributed by atoms with Gasteiger partial charge >= 0.3 is 5.97 Å². The molecule has 0 N–H and O–H groups in total. The van der Waals surface area contributed by atoms with Crippen molar-refractivity contribution < 1.29 is 14.3 Å². The van der Waals surface area contributed by atoms with E-state index in [4.69, 9.17) is 4.74 Å². The van der Waals surface area contributed by atoms with Crippen LogP contribution in [0.25, 0.3) is 0 Å². The molecule has 0 heterocycles. The molecule has 0 aliphatic heterocycles. The number of benzene rings is 1. The minimum Gasteiger partial charge on any atom is -0.456 e. The molecule has 0 bridgehead atoms. The lowest BCUT2D eigenvalue weighted by Gasteiger charge is -2.36. The first kappa shape index (κ1) is 15.7. The van der Waals surface area contributed by atoms with Gasteiger partial charge < -0.3 is 4.74 Å². The van der Waals surface area contributed by atoms with Crippen molar-refractivity contribution in [3.05, 3.63) is 35.9 Å². The van der Waals surface area contributed by atoms with Gasteiger partial charge in [0, 0.05) is 5.56 Å². The van der Waals surface area contributed by atoms with E-state index in [9.17, 15) is 9.59 Å².